The van der Waals surface area contributed by atoms with Gasteiger partial charge in [0.2, 0.25) is 6.39 Å². The number of halogens is 1. The molecule has 0 aromatic carbocycles. The minimum Gasteiger partial charge on any atom is -0.342 e. The van der Waals surface area contributed by atoms with E-state index in [1.54, 1.807) is 4.90 Å². The second kappa shape index (κ2) is 5.87. The lowest BCUT2D eigenvalue weighted by Crippen LogP contribution is -2.52. The van der Waals surface area contributed by atoms with Crippen LogP contribution in [0.2, 0.25) is 0 Å². The molecule has 0 saturated carbocycles. The summed E-state index contributed by atoms with van der Waals surface area (Å²) in [5, 5.41) is 6.59. The Hall–Kier alpha value is -1.50. The Morgan fingerprint density at radius 2 is 2.35 bits per heavy atom. The molecule has 1 aliphatic rings. The largest absolute Gasteiger partial charge is 0.342 e. The topological polar surface area (TPSA) is 71.3 Å². The fourth-order valence-electron chi connectivity index (χ4n) is 2.36. The molecule has 0 spiro atoms. The summed E-state index contributed by atoms with van der Waals surface area (Å²) in [5.74, 6) is -0.465. The van der Waals surface area contributed by atoms with Crippen LogP contribution in [0.3, 0.4) is 0 Å². The molecule has 1 fully saturated rings. The Bertz CT molecular complexity index is 444. The highest BCUT2D eigenvalue weighted by Gasteiger charge is 2.35. The normalized spacial score (nSPS) is 23.6. The molecule has 20 heavy (non-hydrogen) atoms. The smallest absolute Gasteiger partial charge is 0.295 e. The molecule has 1 aromatic heterocycles. The summed E-state index contributed by atoms with van der Waals surface area (Å²) in [6.07, 6.45) is 0.899. The molecule has 2 heterocycles. The van der Waals surface area contributed by atoms with Crippen LogP contribution in [0.4, 0.5) is 4.39 Å². The number of nitrogens with one attached hydrogen (secondary N) is 1. The Labute approximate surface area is 117 Å². The molecular weight excluding hydrogens is 263 g/mol. The summed E-state index contributed by atoms with van der Waals surface area (Å²) in [4.78, 5) is 17.8. The van der Waals surface area contributed by atoms with Crippen LogP contribution in [-0.2, 0) is 0 Å². The number of aromatic nitrogens is 2. The maximum Gasteiger partial charge on any atom is 0.295 e. The van der Waals surface area contributed by atoms with E-state index in [1.807, 2.05) is 20.8 Å². The van der Waals surface area contributed by atoms with Gasteiger partial charge in [0.05, 0.1) is 0 Å². The van der Waals surface area contributed by atoms with E-state index in [0.717, 1.165) is 12.9 Å². The molecule has 2 unspecified atom stereocenters. The first kappa shape index (κ1) is 14.9. The lowest BCUT2D eigenvalue weighted by Gasteiger charge is -2.39. The summed E-state index contributed by atoms with van der Waals surface area (Å²) < 4.78 is 18.6. The zero-order valence-corrected chi connectivity index (χ0v) is 12.1. The number of rotatable bonds is 3. The lowest BCUT2D eigenvalue weighted by atomic mass is 9.93. The van der Waals surface area contributed by atoms with Crippen LogP contribution in [0, 0.1) is 5.92 Å². The van der Waals surface area contributed by atoms with E-state index < -0.39 is 11.7 Å². The molecule has 0 bridgehead atoms. The van der Waals surface area contributed by atoms with Crippen LogP contribution < -0.4 is 5.32 Å². The Morgan fingerprint density at radius 3 is 2.90 bits per heavy atom. The van der Waals surface area contributed by atoms with Gasteiger partial charge in [0, 0.05) is 24.5 Å². The maximum absolute atomic E-state index is 14.0. The standard InChI is InChI=1S/C13H21FN4O2/c1-13(2,3)18(12(19)11-16-8-20-17-11)7-9-4-5-15-6-10(9)14/h8-10,15H,4-7H2,1-3H3. The fraction of sp³-hybridized carbons (Fsp3) is 0.769. The number of alkyl halides is 1. The number of hydrogen-bond acceptors (Lipinski definition) is 5. The van der Waals surface area contributed by atoms with Gasteiger partial charge in [-0.25, -0.2) is 4.39 Å². The van der Waals surface area contributed by atoms with Gasteiger partial charge in [0.1, 0.15) is 6.17 Å². The summed E-state index contributed by atoms with van der Waals surface area (Å²) in [6, 6.07) is 0. The van der Waals surface area contributed by atoms with Crippen molar-refractivity contribution >= 4 is 5.91 Å². The lowest BCUT2D eigenvalue weighted by molar-refractivity contribution is 0.0419. The number of piperidine rings is 1. The predicted molar refractivity (Wildman–Crippen MR) is 71.0 cm³/mol. The molecule has 2 rings (SSSR count). The number of hydrogen-bond donors (Lipinski definition) is 1. The van der Waals surface area contributed by atoms with E-state index in [9.17, 15) is 9.18 Å². The average molecular weight is 284 g/mol. The molecule has 1 amide bonds. The van der Waals surface area contributed by atoms with Gasteiger partial charge in [-0.05, 0) is 33.7 Å². The molecule has 2 atom stereocenters. The summed E-state index contributed by atoms with van der Waals surface area (Å²) in [5.41, 5.74) is -0.428. The van der Waals surface area contributed by atoms with Crippen molar-refractivity contribution in [1.82, 2.24) is 20.4 Å². The van der Waals surface area contributed by atoms with Gasteiger partial charge >= 0.3 is 0 Å². The Balaban J connectivity index is 2.14. The highest BCUT2D eigenvalue weighted by Crippen LogP contribution is 2.23. The SMILES string of the molecule is CC(C)(C)N(CC1CCNCC1F)C(=O)c1ncon1. The highest BCUT2D eigenvalue weighted by molar-refractivity contribution is 5.90. The number of carbonyl (C=O) groups is 1. The number of amides is 1. The predicted octanol–water partition coefficient (Wildman–Crippen LogP) is 1.26. The van der Waals surface area contributed by atoms with Gasteiger partial charge in [-0.2, -0.15) is 4.98 Å². The van der Waals surface area contributed by atoms with Crippen LogP contribution in [0.5, 0.6) is 0 Å². The third-order valence-electron chi connectivity index (χ3n) is 3.57. The number of carbonyl (C=O) groups excluding carboxylic acids is 1. The quantitative estimate of drug-likeness (QED) is 0.904. The van der Waals surface area contributed by atoms with Gasteiger partial charge in [-0.3, -0.25) is 4.79 Å². The van der Waals surface area contributed by atoms with Gasteiger partial charge in [0.25, 0.3) is 11.7 Å². The monoisotopic (exact) mass is 284 g/mol. The highest BCUT2D eigenvalue weighted by atomic mass is 19.1. The molecule has 1 saturated heterocycles. The summed E-state index contributed by atoms with van der Waals surface area (Å²) in [7, 11) is 0. The second-order valence-corrected chi connectivity index (χ2v) is 6.11. The molecule has 0 aliphatic carbocycles. The van der Waals surface area contributed by atoms with E-state index in [-0.39, 0.29) is 17.6 Å². The molecule has 1 N–H and O–H groups in total. The van der Waals surface area contributed by atoms with Gasteiger partial charge in [-0.15, -0.1) is 0 Å². The van der Waals surface area contributed by atoms with Gasteiger partial charge in [-0.1, -0.05) is 5.16 Å². The van der Waals surface area contributed by atoms with E-state index in [2.05, 4.69) is 20.0 Å². The first-order valence-corrected chi connectivity index (χ1v) is 6.82. The van der Waals surface area contributed by atoms with Crippen molar-refractivity contribution in [2.75, 3.05) is 19.6 Å². The van der Waals surface area contributed by atoms with Crippen molar-refractivity contribution in [3.05, 3.63) is 12.2 Å². The average Bonchev–Trinajstić information content (AvgIpc) is 2.89. The fourth-order valence-corrected chi connectivity index (χ4v) is 2.36. The molecule has 6 nitrogen and oxygen atoms in total. The second-order valence-electron chi connectivity index (χ2n) is 6.11. The van der Waals surface area contributed by atoms with Crippen molar-refractivity contribution in [3.63, 3.8) is 0 Å². The summed E-state index contributed by atoms with van der Waals surface area (Å²) in [6.45, 7) is 7.23. The van der Waals surface area contributed by atoms with E-state index >= 15 is 0 Å². The molecule has 1 aliphatic heterocycles. The third kappa shape index (κ3) is 3.33. The minimum atomic E-state index is -0.938. The van der Waals surface area contributed by atoms with Gasteiger partial charge in [0.15, 0.2) is 0 Å². The van der Waals surface area contributed by atoms with Crippen LogP contribution in [0.1, 0.15) is 37.8 Å². The van der Waals surface area contributed by atoms with Crippen molar-refractivity contribution in [3.8, 4) is 0 Å². The van der Waals surface area contributed by atoms with E-state index in [0.29, 0.717) is 19.5 Å². The van der Waals surface area contributed by atoms with Crippen molar-refractivity contribution < 1.29 is 13.7 Å². The van der Waals surface area contributed by atoms with Crippen molar-refractivity contribution in [2.45, 2.75) is 38.9 Å². The van der Waals surface area contributed by atoms with Gasteiger partial charge < -0.3 is 14.7 Å². The zero-order valence-electron chi connectivity index (χ0n) is 12.1. The van der Waals surface area contributed by atoms with Crippen LogP contribution >= 0.6 is 0 Å². The first-order valence-electron chi connectivity index (χ1n) is 6.82. The molecule has 7 heteroatoms. The molecule has 0 radical (unpaired) electrons. The van der Waals surface area contributed by atoms with Crippen molar-refractivity contribution in [1.29, 1.82) is 0 Å². The molecular formula is C13H21FN4O2. The Kier molecular flexibility index (Phi) is 4.37. The van der Waals surface area contributed by atoms with Crippen LogP contribution in [0.15, 0.2) is 10.9 Å². The maximum atomic E-state index is 14.0. The zero-order chi connectivity index (χ0) is 14.8. The number of nitrogens with zero attached hydrogens (tertiary/aromatic N) is 3. The summed E-state index contributed by atoms with van der Waals surface area (Å²) >= 11 is 0. The molecule has 112 valence electrons. The third-order valence-corrected chi connectivity index (χ3v) is 3.57. The van der Waals surface area contributed by atoms with Crippen molar-refractivity contribution in [2.24, 2.45) is 5.92 Å². The minimum absolute atomic E-state index is 0.0178. The Morgan fingerprint density at radius 1 is 1.60 bits per heavy atom. The van der Waals surface area contributed by atoms with E-state index in [1.165, 1.54) is 0 Å². The van der Waals surface area contributed by atoms with E-state index in [4.69, 9.17) is 0 Å². The molecule has 1 aromatic rings. The van der Waals surface area contributed by atoms with Crippen LogP contribution in [-0.4, -0.2) is 52.3 Å². The first-order chi connectivity index (χ1) is 9.39. The van der Waals surface area contributed by atoms with Crippen LogP contribution in [0.25, 0.3) is 0 Å².